The van der Waals surface area contributed by atoms with E-state index in [0.29, 0.717) is 5.69 Å². The van der Waals surface area contributed by atoms with E-state index in [-0.39, 0.29) is 33.6 Å². The lowest BCUT2D eigenvalue weighted by Gasteiger charge is -2.25. The van der Waals surface area contributed by atoms with Gasteiger partial charge < -0.3 is 9.84 Å². The van der Waals surface area contributed by atoms with Gasteiger partial charge in [-0.2, -0.15) is 0 Å². The van der Waals surface area contributed by atoms with Crippen molar-refractivity contribution in [2.45, 2.75) is 11.4 Å². The van der Waals surface area contributed by atoms with Crippen LogP contribution in [-0.4, -0.2) is 25.6 Å². The molecular formula is C19H17ClN2O4S. The van der Waals surface area contributed by atoms with Crippen LogP contribution in [0.2, 0.25) is 5.02 Å². The van der Waals surface area contributed by atoms with E-state index in [2.05, 4.69) is 4.98 Å². The van der Waals surface area contributed by atoms with E-state index in [1.165, 1.54) is 31.4 Å². The average Bonchev–Trinajstić information content (AvgIpc) is 2.67. The zero-order chi connectivity index (χ0) is 19.4. The number of phenolic OH excluding ortho intramolecular Hbond substituents is 1. The second-order valence-electron chi connectivity index (χ2n) is 5.62. The number of ether oxygens (including phenoxy) is 1. The SMILES string of the molecule is COc1ccc(Cl)cc1S(=O)(=O)N(Cc1ccccn1)c1ccccc1O. The molecule has 0 aliphatic rings. The second-order valence-corrected chi connectivity index (χ2v) is 7.88. The quantitative estimate of drug-likeness (QED) is 0.675. The van der Waals surface area contributed by atoms with Gasteiger partial charge in [0.05, 0.1) is 25.0 Å². The molecule has 1 aromatic heterocycles. The topological polar surface area (TPSA) is 79.7 Å². The predicted octanol–water partition coefficient (Wildman–Crippen LogP) is 3.84. The van der Waals surface area contributed by atoms with Gasteiger partial charge in [0.2, 0.25) is 0 Å². The third kappa shape index (κ3) is 3.99. The highest BCUT2D eigenvalue weighted by Crippen LogP contribution is 2.36. The minimum atomic E-state index is -4.12. The van der Waals surface area contributed by atoms with Gasteiger partial charge in [0, 0.05) is 11.2 Å². The van der Waals surface area contributed by atoms with Gasteiger partial charge in [0.25, 0.3) is 10.0 Å². The average molecular weight is 405 g/mol. The summed E-state index contributed by atoms with van der Waals surface area (Å²) in [7, 11) is -2.74. The van der Waals surface area contributed by atoms with Gasteiger partial charge in [-0.15, -0.1) is 0 Å². The summed E-state index contributed by atoms with van der Waals surface area (Å²) in [6.07, 6.45) is 1.57. The highest BCUT2D eigenvalue weighted by molar-refractivity contribution is 7.93. The first kappa shape index (κ1) is 19.0. The largest absolute Gasteiger partial charge is 0.506 e. The van der Waals surface area contributed by atoms with Crippen LogP contribution in [0.3, 0.4) is 0 Å². The number of anilines is 1. The van der Waals surface area contributed by atoms with Crippen LogP contribution in [0.5, 0.6) is 11.5 Å². The van der Waals surface area contributed by atoms with Gasteiger partial charge >= 0.3 is 0 Å². The lowest BCUT2D eigenvalue weighted by atomic mass is 10.3. The van der Waals surface area contributed by atoms with E-state index in [1.807, 2.05) is 0 Å². The first-order chi connectivity index (χ1) is 12.9. The fourth-order valence-electron chi connectivity index (χ4n) is 2.58. The molecule has 27 heavy (non-hydrogen) atoms. The maximum atomic E-state index is 13.5. The van der Waals surface area contributed by atoms with Gasteiger partial charge in [-0.3, -0.25) is 9.29 Å². The molecule has 0 spiro atoms. The molecule has 0 saturated heterocycles. The fourth-order valence-corrected chi connectivity index (χ4v) is 4.46. The van der Waals surface area contributed by atoms with Gasteiger partial charge in [-0.25, -0.2) is 8.42 Å². The molecule has 1 heterocycles. The number of hydrogen-bond acceptors (Lipinski definition) is 5. The summed E-state index contributed by atoms with van der Waals surface area (Å²) in [6, 6.07) is 15.8. The monoisotopic (exact) mass is 404 g/mol. The van der Waals surface area contributed by atoms with Crippen LogP contribution >= 0.6 is 11.6 Å². The Labute approximate surface area is 162 Å². The summed E-state index contributed by atoms with van der Waals surface area (Å²) in [4.78, 5) is 4.10. The summed E-state index contributed by atoms with van der Waals surface area (Å²) in [6.45, 7) is -0.0730. The number of pyridine rings is 1. The first-order valence-electron chi connectivity index (χ1n) is 7.97. The van der Waals surface area contributed by atoms with Crippen molar-refractivity contribution in [1.29, 1.82) is 0 Å². The molecule has 1 N–H and O–H groups in total. The van der Waals surface area contributed by atoms with Crippen molar-refractivity contribution in [3.05, 3.63) is 77.6 Å². The number of rotatable bonds is 6. The van der Waals surface area contributed by atoms with Crippen LogP contribution in [0.1, 0.15) is 5.69 Å². The smallest absolute Gasteiger partial charge is 0.268 e. The molecule has 0 aliphatic carbocycles. The highest BCUT2D eigenvalue weighted by atomic mass is 35.5. The molecular weight excluding hydrogens is 388 g/mol. The van der Waals surface area contributed by atoms with E-state index in [9.17, 15) is 13.5 Å². The van der Waals surface area contributed by atoms with Crippen LogP contribution in [0.25, 0.3) is 0 Å². The normalized spacial score (nSPS) is 11.2. The molecule has 3 rings (SSSR count). The maximum absolute atomic E-state index is 13.5. The summed E-state index contributed by atoms with van der Waals surface area (Å²) >= 11 is 6.02. The van der Waals surface area contributed by atoms with Gasteiger partial charge in [0.15, 0.2) is 0 Å². The Morgan fingerprint density at radius 2 is 1.85 bits per heavy atom. The third-order valence-corrected chi connectivity index (χ3v) is 5.89. The molecule has 2 aromatic carbocycles. The number of benzene rings is 2. The Bertz CT molecular complexity index is 1040. The van der Waals surface area contributed by atoms with Gasteiger partial charge in [-0.1, -0.05) is 29.8 Å². The number of aromatic nitrogens is 1. The maximum Gasteiger partial charge on any atom is 0.268 e. The molecule has 3 aromatic rings. The summed E-state index contributed by atoms with van der Waals surface area (Å²) in [5.41, 5.74) is 0.649. The number of nitrogens with zero attached hydrogens (tertiary/aromatic N) is 2. The van der Waals surface area contributed by atoms with Gasteiger partial charge in [0.1, 0.15) is 16.4 Å². The van der Waals surface area contributed by atoms with E-state index >= 15 is 0 Å². The molecule has 0 fully saturated rings. The standard InChI is InChI=1S/C19H17ClN2O4S/c1-26-18-10-9-14(20)12-19(18)27(24,25)22(13-15-6-4-5-11-21-15)16-7-2-3-8-17(16)23/h2-12,23H,13H2,1H3. The van der Waals surface area contributed by atoms with Crippen LogP contribution in [0.4, 0.5) is 5.69 Å². The number of methoxy groups -OCH3 is 1. The molecule has 0 saturated carbocycles. The minimum absolute atomic E-state index is 0.0730. The zero-order valence-electron chi connectivity index (χ0n) is 14.4. The minimum Gasteiger partial charge on any atom is -0.506 e. The second kappa shape index (κ2) is 7.85. The van der Waals surface area contributed by atoms with Crippen molar-refractivity contribution in [2.24, 2.45) is 0 Å². The van der Waals surface area contributed by atoms with Crippen molar-refractivity contribution in [3.8, 4) is 11.5 Å². The Morgan fingerprint density at radius 1 is 1.11 bits per heavy atom. The molecule has 0 radical (unpaired) electrons. The molecule has 0 amide bonds. The van der Waals surface area contributed by atoms with Crippen molar-refractivity contribution < 1.29 is 18.3 Å². The molecule has 0 aliphatic heterocycles. The molecule has 0 unspecified atom stereocenters. The highest BCUT2D eigenvalue weighted by Gasteiger charge is 2.30. The van der Waals surface area contributed by atoms with Crippen molar-refractivity contribution in [3.63, 3.8) is 0 Å². The summed E-state index contributed by atoms with van der Waals surface area (Å²) in [5, 5.41) is 10.5. The van der Waals surface area contributed by atoms with E-state index in [0.717, 1.165) is 4.31 Å². The molecule has 8 heteroatoms. The van der Waals surface area contributed by atoms with Crippen molar-refractivity contribution in [2.75, 3.05) is 11.4 Å². The van der Waals surface area contributed by atoms with Gasteiger partial charge in [-0.05, 0) is 42.5 Å². The lowest BCUT2D eigenvalue weighted by Crippen LogP contribution is -2.31. The van der Waals surface area contributed by atoms with E-state index < -0.39 is 10.0 Å². The number of para-hydroxylation sites is 2. The van der Waals surface area contributed by atoms with Crippen molar-refractivity contribution in [1.82, 2.24) is 4.98 Å². The van der Waals surface area contributed by atoms with Crippen molar-refractivity contribution >= 4 is 27.3 Å². The lowest BCUT2D eigenvalue weighted by molar-refractivity contribution is 0.402. The molecule has 0 bridgehead atoms. The van der Waals surface area contributed by atoms with E-state index in [1.54, 1.807) is 42.6 Å². The summed E-state index contributed by atoms with van der Waals surface area (Å²) < 4.78 is 33.2. The predicted molar refractivity (Wildman–Crippen MR) is 104 cm³/mol. The molecule has 140 valence electrons. The number of aromatic hydroxyl groups is 1. The number of phenols is 1. The fraction of sp³-hybridized carbons (Fsp3) is 0.105. The first-order valence-corrected chi connectivity index (χ1v) is 9.79. The van der Waals surface area contributed by atoms with E-state index in [4.69, 9.17) is 16.3 Å². The molecule has 6 nitrogen and oxygen atoms in total. The number of hydrogen-bond donors (Lipinski definition) is 1. The number of sulfonamides is 1. The van der Waals surface area contributed by atoms with Crippen LogP contribution in [0.15, 0.2) is 71.8 Å². The van der Waals surface area contributed by atoms with Crippen LogP contribution < -0.4 is 9.04 Å². The Balaban J connectivity index is 2.18. The Morgan fingerprint density at radius 3 is 2.52 bits per heavy atom. The third-order valence-electron chi connectivity index (χ3n) is 3.88. The Kier molecular flexibility index (Phi) is 5.53. The number of halogens is 1. The van der Waals surface area contributed by atoms with Crippen LogP contribution in [-0.2, 0) is 16.6 Å². The van der Waals surface area contributed by atoms with Crippen LogP contribution in [0, 0.1) is 0 Å². The molecule has 0 atom stereocenters. The Hall–Kier alpha value is -2.77. The summed E-state index contributed by atoms with van der Waals surface area (Å²) in [5.74, 6) is -0.0150. The zero-order valence-corrected chi connectivity index (χ0v) is 16.0.